The van der Waals surface area contributed by atoms with Gasteiger partial charge in [0.1, 0.15) is 0 Å². The van der Waals surface area contributed by atoms with Crippen molar-refractivity contribution in [2.45, 2.75) is 0 Å². The van der Waals surface area contributed by atoms with Crippen LogP contribution in [0.1, 0.15) is 0 Å². The molecule has 0 nitrogen and oxygen atoms in total. The fourth-order valence-electron chi connectivity index (χ4n) is 0. The molecule has 0 fully saturated rings. The molecule has 0 atom stereocenters. The Labute approximate surface area is 86.6 Å². The Morgan fingerprint density at radius 1 is 1.00 bits per heavy atom. The molecule has 0 aliphatic rings. The first kappa shape index (κ1) is 47.4. The van der Waals surface area contributed by atoms with Gasteiger partial charge in [-0.15, -0.1) is 0 Å². The molecule has 0 rings (SSSR count). The van der Waals surface area contributed by atoms with Crippen molar-refractivity contribution in [3.63, 3.8) is 0 Å². The van der Waals surface area contributed by atoms with Crippen LogP contribution in [-0.2, 0) is 70.7 Å². The average molecular weight is 321 g/mol. The second-order valence-corrected chi connectivity index (χ2v) is 0. The first-order valence-corrected chi connectivity index (χ1v) is 0. The molecule has 5 heavy (non-hydrogen) atoms. The molecule has 0 amide bonds. The molecule has 0 aliphatic heterocycles. The molecule has 36 valence electrons. The van der Waals surface area contributed by atoms with E-state index in [0.29, 0.717) is 0 Å². The Hall–Kier alpha value is 2.70. The summed E-state index contributed by atoms with van der Waals surface area (Å²) in [6.45, 7) is 0. The van der Waals surface area contributed by atoms with E-state index in [0.717, 1.165) is 0 Å². The van der Waals surface area contributed by atoms with Gasteiger partial charge in [0.15, 0.2) is 0 Å². The quantitative estimate of drug-likeness (QED) is 0.506. The molecule has 5 heteroatoms. The zero-order valence-electron chi connectivity index (χ0n) is 2.24. The zero-order chi connectivity index (χ0) is 0. The van der Waals surface area contributed by atoms with E-state index in [9.17, 15) is 0 Å². The third-order valence-corrected chi connectivity index (χ3v) is 0. The van der Waals surface area contributed by atoms with Crippen LogP contribution in [0.3, 0.4) is 0 Å². The van der Waals surface area contributed by atoms with Gasteiger partial charge in [-0.05, 0) is 0 Å². The van der Waals surface area contributed by atoms with E-state index < -0.39 is 0 Å². The van der Waals surface area contributed by atoms with E-state index in [1.165, 1.54) is 0 Å². The van der Waals surface area contributed by atoms with Gasteiger partial charge in [0, 0.05) is 70.7 Å². The second kappa shape index (κ2) is 29.9. The summed E-state index contributed by atoms with van der Waals surface area (Å²) in [6.07, 6.45) is 0. The Morgan fingerprint density at radius 3 is 1.00 bits per heavy atom. The third-order valence-electron chi connectivity index (χ3n) is 0. The molecule has 0 aromatic rings. The molecule has 0 saturated carbocycles. The summed E-state index contributed by atoms with van der Waals surface area (Å²) in [5.41, 5.74) is 0. The predicted octanol–water partition coefficient (Wildman–Crippen LogP) is -0.926. The third kappa shape index (κ3) is 20.3. The van der Waals surface area contributed by atoms with Crippen LogP contribution in [0.15, 0.2) is 0 Å². The van der Waals surface area contributed by atoms with Crippen molar-refractivity contribution in [3.8, 4) is 0 Å². The van der Waals surface area contributed by atoms with E-state index in [-0.39, 0.29) is 87.8 Å². The number of rotatable bonds is 0. The van der Waals surface area contributed by atoms with E-state index in [4.69, 9.17) is 0 Å². The minimum Gasteiger partial charge on any atom is 0 e. The SMILES string of the molecule is [Cu].[Fe].[Mn].[SeH2].[Zn]. The van der Waals surface area contributed by atoms with E-state index in [1.807, 2.05) is 0 Å². The van der Waals surface area contributed by atoms with Gasteiger partial charge in [0.05, 0.1) is 0 Å². The summed E-state index contributed by atoms with van der Waals surface area (Å²) in [4.78, 5) is 0. The standard InChI is InChI=1S/Cu.Fe.Mn.H2Se.Zn/h;;;1H2;. The molecule has 0 spiro atoms. The molecular weight excluding hydrogens is 319 g/mol. The van der Waals surface area contributed by atoms with Gasteiger partial charge < -0.3 is 0 Å². The Balaban J connectivity index is 0. The molecule has 0 aromatic carbocycles. The summed E-state index contributed by atoms with van der Waals surface area (Å²) in [6, 6.07) is 0. The Morgan fingerprint density at radius 2 is 1.00 bits per heavy atom. The van der Waals surface area contributed by atoms with Crippen LogP contribution >= 0.6 is 0 Å². The largest absolute Gasteiger partial charge is 0 e. The van der Waals surface area contributed by atoms with E-state index in [2.05, 4.69) is 0 Å². The maximum atomic E-state index is 0. The van der Waals surface area contributed by atoms with Crippen molar-refractivity contribution in [2.75, 3.05) is 0 Å². The minimum atomic E-state index is 0. The van der Waals surface area contributed by atoms with Crippen molar-refractivity contribution < 1.29 is 70.7 Å². The first-order chi connectivity index (χ1) is 0. The molecule has 0 N–H and O–H groups in total. The van der Waals surface area contributed by atoms with Gasteiger partial charge in [-0.3, -0.25) is 0 Å². The van der Waals surface area contributed by atoms with Crippen LogP contribution in [0.25, 0.3) is 0 Å². The summed E-state index contributed by atoms with van der Waals surface area (Å²) in [7, 11) is 0. The van der Waals surface area contributed by atoms with Crippen LogP contribution in [0.2, 0.25) is 0 Å². The van der Waals surface area contributed by atoms with Crippen LogP contribution in [0.4, 0.5) is 0 Å². The van der Waals surface area contributed by atoms with Gasteiger partial charge in [0.25, 0.3) is 0 Å². The summed E-state index contributed by atoms with van der Waals surface area (Å²) >= 11 is 0. The summed E-state index contributed by atoms with van der Waals surface area (Å²) < 4.78 is 0. The van der Waals surface area contributed by atoms with Crippen molar-refractivity contribution in [2.24, 2.45) is 0 Å². The van der Waals surface area contributed by atoms with Gasteiger partial charge in [-0.1, -0.05) is 0 Å². The zero-order valence-corrected chi connectivity index (χ0v) is 10.5. The Kier molecular flexibility index (Phi) is 283. The summed E-state index contributed by atoms with van der Waals surface area (Å²) in [5, 5.41) is 0. The molecule has 0 saturated heterocycles. The predicted molar refractivity (Wildman–Crippen MR) is 8.54 cm³/mol. The van der Waals surface area contributed by atoms with Crippen molar-refractivity contribution in [3.05, 3.63) is 0 Å². The van der Waals surface area contributed by atoms with Gasteiger partial charge in [-0.2, -0.15) is 0 Å². The smallest absolute Gasteiger partial charge is 0 e. The molecular formula is H2CuFeMnSeZn. The fraction of sp³-hybridized carbons (Fsp3) is 0. The van der Waals surface area contributed by atoms with Crippen LogP contribution in [-0.4, -0.2) is 17.1 Å². The van der Waals surface area contributed by atoms with Gasteiger partial charge >= 0.3 is 17.1 Å². The molecule has 0 aromatic heterocycles. The molecule has 0 bridgehead atoms. The summed E-state index contributed by atoms with van der Waals surface area (Å²) in [5.74, 6) is 0. The van der Waals surface area contributed by atoms with Crippen molar-refractivity contribution in [1.82, 2.24) is 0 Å². The first-order valence-electron chi connectivity index (χ1n) is 0. The number of hydrogen-bond acceptors (Lipinski definition) is 0. The topological polar surface area (TPSA) is 0 Å². The average Bonchev–Trinajstić information content (AvgIpc) is 0. The van der Waals surface area contributed by atoms with Crippen molar-refractivity contribution >= 4 is 17.1 Å². The molecule has 2 radical (unpaired) electrons. The molecule has 0 heterocycles. The number of hydrogen-bond donors (Lipinski definition) is 0. The van der Waals surface area contributed by atoms with Crippen molar-refractivity contribution in [1.29, 1.82) is 0 Å². The van der Waals surface area contributed by atoms with Crippen LogP contribution in [0, 0.1) is 0 Å². The maximum Gasteiger partial charge on any atom is 0 e. The molecule has 0 aliphatic carbocycles. The van der Waals surface area contributed by atoms with Crippen LogP contribution in [0.5, 0.6) is 0 Å². The van der Waals surface area contributed by atoms with Crippen LogP contribution < -0.4 is 0 Å². The monoisotopic (exact) mass is 320 g/mol. The normalized spacial score (nSPS) is 0. The Bertz CT molecular complexity index is 11.6. The van der Waals surface area contributed by atoms with Gasteiger partial charge in [0.2, 0.25) is 0 Å². The fourth-order valence-corrected chi connectivity index (χ4v) is 0. The van der Waals surface area contributed by atoms with E-state index in [1.54, 1.807) is 0 Å². The van der Waals surface area contributed by atoms with E-state index >= 15 is 0 Å². The molecule has 0 unspecified atom stereocenters. The maximum absolute atomic E-state index is 0. The van der Waals surface area contributed by atoms with Gasteiger partial charge in [-0.25, -0.2) is 0 Å². The second-order valence-electron chi connectivity index (χ2n) is 0. The minimum absolute atomic E-state index is 0.